The number of hydrogen-bond acceptors (Lipinski definition) is 3. The number of anilines is 2. The summed E-state index contributed by atoms with van der Waals surface area (Å²) in [4.78, 5) is 16.1. The van der Waals surface area contributed by atoms with Gasteiger partial charge in [-0.3, -0.25) is 4.79 Å². The van der Waals surface area contributed by atoms with Gasteiger partial charge in [0, 0.05) is 12.1 Å². The number of aromatic nitrogens is 1. The van der Waals surface area contributed by atoms with E-state index < -0.39 is 17.6 Å². The Morgan fingerprint density at radius 1 is 1.17 bits per heavy atom. The molecule has 0 fully saturated rings. The van der Waals surface area contributed by atoms with E-state index in [1.807, 2.05) is 0 Å². The first-order valence-electron chi connectivity index (χ1n) is 6.69. The Morgan fingerprint density at radius 2 is 1.87 bits per heavy atom. The predicted octanol–water partition coefficient (Wildman–Crippen LogP) is 3.95. The molecule has 0 spiro atoms. The third kappa shape index (κ3) is 4.57. The van der Waals surface area contributed by atoms with Crippen molar-refractivity contribution in [1.29, 1.82) is 0 Å². The number of carbonyl (C=O) groups excluding carboxylic acids is 1. The highest BCUT2D eigenvalue weighted by Crippen LogP contribution is 2.29. The molecule has 120 valence electrons. The van der Waals surface area contributed by atoms with Gasteiger partial charge in [-0.15, -0.1) is 6.58 Å². The van der Waals surface area contributed by atoms with Crippen molar-refractivity contribution in [2.45, 2.75) is 6.18 Å². The van der Waals surface area contributed by atoms with Crippen molar-refractivity contribution in [3.05, 3.63) is 66.4 Å². The number of hydrogen-bond donors (Lipinski definition) is 2. The number of halogens is 3. The Bertz CT molecular complexity index is 679. The van der Waals surface area contributed by atoms with Crippen LogP contribution in [0.3, 0.4) is 0 Å². The maximum atomic E-state index is 12.5. The van der Waals surface area contributed by atoms with Crippen molar-refractivity contribution >= 4 is 17.4 Å². The third-order valence-electron chi connectivity index (χ3n) is 2.92. The van der Waals surface area contributed by atoms with Crippen LogP contribution >= 0.6 is 0 Å². The minimum absolute atomic E-state index is 0.131. The van der Waals surface area contributed by atoms with Crippen molar-refractivity contribution in [1.82, 2.24) is 4.98 Å². The van der Waals surface area contributed by atoms with Crippen LogP contribution in [-0.4, -0.2) is 17.4 Å². The summed E-state index contributed by atoms with van der Waals surface area (Å²) < 4.78 is 37.4. The average molecular weight is 321 g/mol. The van der Waals surface area contributed by atoms with E-state index in [-0.39, 0.29) is 5.56 Å². The zero-order chi connectivity index (χ0) is 16.9. The minimum Gasteiger partial charge on any atom is -0.367 e. The largest absolute Gasteiger partial charge is 0.416 e. The topological polar surface area (TPSA) is 54.0 Å². The van der Waals surface area contributed by atoms with Crippen molar-refractivity contribution in [2.75, 3.05) is 17.2 Å². The number of rotatable bonds is 5. The number of amides is 1. The molecular formula is C16H14F3N3O. The first kappa shape index (κ1) is 16.5. The lowest BCUT2D eigenvalue weighted by molar-refractivity contribution is -0.137. The Morgan fingerprint density at radius 3 is 2.39 bits per heavy atom. The summed E-state index contributed by atoms with van der Waals surface area (Å²) in [6, 6.07) is 7.31. The molecule has 0 aliphatic carbocycles. The molecule has 1 aromatic heterocycles. The molecule has 0 atom stereocenters. The fourth-order valence-electron chi connectivity index (χ4n) is 1.76. The summed E-state index contributed by atoms with van der Waals surface area (Å²) in [6.07, 6.45) is -1.29. The van der Waals surface area contributed by atoms with Gasteiger partial charge in [0.1, 0.15) is 5.82 Å². The van der Waals surface area contributed by atoms with E-state index in [1.165, 1.54) is 6.20 Å². The normalized spacial score (nSPS) is 10.9. The Kier molecular flexibility index (Phi) is 5.00. The number of nitrogens with zero attached hydrogens (tertiary/aromatic N) is 1. The Balaban J connectivity index is 2.02. The van der Waals surface area contributed by atoms with Gasteiger partial charge in [-0.1, -0.05) is 6.08 Å². The summed E-state index contributed by atoms with van der Waals surface area (Å²) in [5, 5.41) is 5.55. The van der Waals surface area contributed by atoms with Crippen molar-refractivity contribution < 1.29 is 18.0 Å². The lowest BCUT2D eigenvalue weighted by atomic mass is 10.1. The number of alkyl halides is 3. The van der Waals surface area contributed by atoms with Gasteiger partial charge in [-0.25, -0.2) is 4.98 Å². The van der Waals surface area contributed by atoms with Crippen LogP contribution in [0.1, 0.15) is 15.9 Å². The number of benzene rings is 1. The molecule has 0 radical (unpaired) electrons. The number of pyridine rings is 1. The summed E-state index contributed by atoms with van der Waals surface area (Å²) in [5.41, 5.74) is -0.223. The van der Waals surface area contributed by atoms with Gasteiger partial charge in [0.2, 0.25) is 0 Å². The van der Waals surface area contributed by atoms with Crippen LogP contribution in [0.2, 0.25) is 0 Å². The SMILES string of the molecule is C=CCNc1ccc(NC(=O)c2ccc(C(F)(F)F)cc2)cn1. The van der Waals surface area contributed by atoms with Gasteiger partial charge in [-0.2, -0.15) is 13.2 Å². The number of carbonyl (C=O) groups is 1. The van der Waals surface area contributed by atoms with Crippen LogP contribution in [-0.2, 0) is 6.18 Å². The predicted molar refractivity (Wildman–Crippen MR) is 82.3 cm³/mol. The summed E-state index contributed by atoms with van der Waals surface area (Å²) >= 11 is 0. The van der Waals surface area contributed by atoms with Gasteiger partial charge >= 0.3 is 6.18 Å². The van der Waals surface area contributed by atoms with Crippen LogP contribution in [0.5, 0.6) is 0 Å². The maximum Gasteiger partial charge on any atom is 0.416 e. The van der Waals surface area contributed by atoms with Crippen LogP contribution in [0, 0.1) is 0 Å². The molecule has 23 heavy (non-hydrogen) atoms. The van der Waals surface area contributed by atoms with E-state index >= 15 is 0 Å². The van der Waals surface area contributed by atoms with Gasteiger partial charge < -0.3 is 10.6 Å². The van der Waals surface area contributed by atoms with Crippen LogP contribution in [0.15, 0.2) is 55.3 Å². The lowest BCUT2D eigenvalue weighted by Gasteiger charge is -2.09. The number of nitrogens with one attached hydrogen (secondary N) is 2. The molecule has 2 rings (SSSR count). The Labute approximate surface area is 131 Å². The molecule has 7 heteroatoms. The van der Waals surface area contributed by atoms with Crippen LogP contribution < -0.4 is 10.6 Å². The molecule has 2 aromatic rings. The zero-order valence-corrected chi connectivity index (χ0v) is 12.0. The molecule has 0 aliphatic heterocycles. The van der Waals surface area contributed by atoms with Crippen molar-refractivity contribution in [2.24, 2.45) is 0 Å². The molecule has 0 aliphatic rings. The second-order valence-corrected chi connectivity index (χ2v) is 4.63. The molecule has 2 N–H and O–H groups in total. The monoisotopic (exact) mass is 321 g/mol. The second-order valence-electron chi connectivity index (χ2n) is 4.63. The molecular weight excluding hydrogens is 307 g/mol. The molecule has 0 bridgehead atoms. The third-order valence-corrected chi connectivity index (χ3v) is 2.92. The summed E-state index contributed by atoms with van der Waals surface area (Å²) in [6.45, 7) is 4.13. The second kappa shape index (κ2) is 6.95. The Hall–Kier alpha value is -2.83. The molecule has 1 amide bonds. The molecule has 0 unspecified atom stereocenters. The molecule has 1 aromatic carbocycles. The van der Waals surface area contributed by atoms with Crippen molar-refractivity contribution in [3.63, 3.8) is 0 Å². The van der Waals surface area contributed by atoms with Gasteiger partial charge in [0.15, 0.2) is 0 Å². The summed E-state index contributed by atoms with van der Waals surface area (Å²) in [5.74, 6) is 0.116. The standard InChI is InChI=1S/C16H14F3N3O/c1-2-9-20-14-8-7-13(10-21-14)22-15(23)11-3-5-12(6-4-11)16(17,18)19/h2-8,10H,1,9H2,(H,20,21)(H,22,23). The van der Waals surface area contributed by atoms with E-state index in [2.05, 4.69) is 22.2 Å². The quantitative estimate of drug-likeness (QED) is 0.820. The maximum absolute atomic E-state index is 12.5. The average Bonchev–Trinajstić information content (AvgIpc) is 2.53. The van der Waals surface area contributed by atoms with E-state index in [0.29, 0.717) is 18.1 Å². The fraction of sp³-hybridized carbons (Fsp3) is 0.125. The molecule has 0 saturated carbocycles. The van der Waals surface area contributed by atoms with Gasteiger partial charge in [0.25, 0.3) is 5.91 Å². The zero-order valence-electron chi connectivity index (χ0n) is 12.0. The van der Waals surface area contributed by atoms with Gasteiger partial charge in [-0.05, 0) is 36.4 Å². The minimum atomic E-state index is -4.42. The highest BCUT2D eigenvalue weighted by atomic mass is 19.4. The van der Waals surface area contributed by atoms with Crippen molar-refractivity contribution in [3.8, 4) is 0 Å². The fourth-order valence-corrected chi connectivity index (χ4v) is 1.76. The molecule has 1 heterocycles. The highest BCUT2D eigenvalue weighted by molar-refractivity contribution is 6.04. The highest BCUT2D eigenvalue weighted by Gasteiger charge is 2.30. The van der Waals surface area contributed by atoms with Crippen LogP contribution in [0.4, 0.5) is 24.7 Å². The van der Waals surface area contributed by atoms with Crippen LogP contribution in [0.25, 0.3) is 0 Å². The first-order valence-corrected chi connectivity index (χ1v) is 6.69. The van der Waals surface area contributed by atoms with Gasteiger partial charge in [0.05, 0.1) is 17.4 Å². The van der Waals surface area contributed by atoms with E-state index in [1.54, 1.807) is 18.2 Å². The molecule has 0 saturated heterocycles. The van der Waals surface area contributed by atoms with E-state index in [0.717, 1.165) is 24.3 Å². The summed E-state index contributed by atoms with van der Waals surface area (Å²) in [7, 11) is 0. The smallest absolute Gasteiger partial charge is 0.367 e. The van der Waals surface area contributed by atoms with E-state index in [4.69, 9.17) is 0 Å². The molecule has 4 nitrogen and oxygen atoms in total. The lowest BCUT2D eigenvalue weighted by Crippen LogP contribution is -2.13. The van der Waals surface area contributed by atoms with E-state index in [9.17, 15) is 18.0 Å². The first-order chi connectivity index (χ1) is 10.9.